The number of fused-ring (bicyclic) bond motifs is 1. The second-order valence-corrected chi connectivity index (χ2v) is 2.27. The average Bonchev–Trinajstić information content (AvgIpc) is 2.55. The first-order valence-corrected chi connectivity index (χ1v) is 7.42. The highest BCUT2D eigenvalue weighted by molar-refractivity contribution is 5.57. The molecule has 0 amide bonds. The lowest BCUT2D eigenvalue weighted by Gasteiger charge is -2.17. The van der Waals surface area contributed by atoms with Gasteiger partial charge >= 0.3 is 0 Å². The van der Waals surface area contributed by atoms with Gasteiger partial charge in [-0.15, -0.1) is 0 Å². The lowest BCUT2D eigenvalue weighted by atomic mass is 10.3. The van der Waals surface area contributed by atoms with Crippen molar-refractivity contribution in [3.8, 4) is 5.75 Å². The maximum Gasteiger partial charge on any atom is 0.142 e. The first-order chi connectivity index (χ1) is 8.97. The zero-order valence-electron chi connectivity index (χ0n) is 13.6. The van der Waals surface area contributed by atoms with E-state index in [2.05, 4.69) is 5.32 Å². The van der Waals surface area contributed by atoms with Gasteiger partial charge in [0.2, 0.25) is 0 Å². The molecule has 2 rings (SSSR count). The summed E-state index contributed by atoms with van der Waals surface area (Å²) in [5, 5.41) is 3.24. The van der Waals surface area contributed by atoms with E-state index in [1.807, 2.05) is 79.7 Å². The molecule has 0 atom stereocenters. The Hall–Kier alpha value is -1.18. The highest BCUT2D eigenvalue weighted by atomic mass is 16.5. The van der Waals surface area contributed by atoms with Gasteiger partial charge in [-0.3, -0.25) is 0 Å². The van der Waals surface area contributed by atoms with Crippen molar-refractivity contribution in [2.24, 2.45) is 0 Å². The van der Waals surface area contributed by atoms with E-state index >= 15 is 0 Å². The zero-order valence-corrected chi connectivity index (χ0v) is 13.6. The molecule has 2 nitrogen and oxygen atoms in total. The standard InChI is InChI=1S/C8H9NO.4C2H6/c1-2-4-8-7(3-1)9-5-6-10-8;4*1-2/h1-4,9H,5-6H2;4*1-2H3. The third kappa shape index (κ3) is 10.0. The van der Waals surface area contributed by atoms with Gasteiger partial charge in [0.05, 0.1) is 5.69 Å². The van der Waals surface area contributed by atoms with Gasteiger partial charge in [0.1, 0.15) is 12.4 Å². The third-order valence-electron chi connectivity index (χ3n) is 1.56. The summed E-state index contributed by atoms with van der Waals surface area (Å²) in [4.78, 5) is 0. The van der Waals surface area contributed by atoms with E-state index in [1.54, 1.807) is 0 Å². The van der Waals surface area contributed by atoms with Crippen LogP contribution in [0.1, 0.15) is 55.4 Å². The number of ether oxygens (including phenoxy) is 1. The molecule has 1 aromatic rings. The summed E-state index contributed by atoms with van der Waals surface area (Å²) in [6, 6.07) is 7.97. The molecule has 1 aromatic carbocycles. The van der Waals surface area contributed by atoms with Gasteiger partial charge in [-0.25, -0.2) is 0 Å². The molecule has 1 aliphatic rings. The van der Waals surface area contributed by atoms with Crippen LogP contribution in [0.3, 0.4) is 0 Å². The van der Waals surface area contributed by atoms with Crippen LogP contribution in [0, 0.1) is 0 Å². The zero-order chi connectivity index (χ0) is 14.8. The number of hydrogen-bond acceptors (Lipinski definition) is 2. The quantitative estimate of drug-likeness (QED) is 0.652. The number of anilines is 1. The number of para-hydroxylation sites is 2. The summed E-state index contributed by atoms with van der Waals surface area (Å²) in [5.74, 6) is 0.966. The molecule has 0 unspecified atom stereocenters. The van der Waals surface area contributed by atoms with Crippen molar-refractivity contribution in [2.75, 3.05) is 18.5 Å². The Morgan fingerprint density at radius 3 is 1.83 bits per heavy atom. The monoisotopic (exact) mass is 255 g/mol. The van der Waals surface area contributed by atoms with E-state index in [0.29, 0.717) is 0 Å². The Kier molecular flexibility index (Phi) is 25.9. The summed E-state index contributed by atoms with van der Waals surface area (Å²) in [6.45, 7) is 17.7. The van der Waals surface area contributed by atoms with Crippen LogP contribution < -0.4 is 10.1 Å². The second-order valence-electron chi connectivity index (χ2n) is 2.27. The summed E-state index contributed by atoms with van der Waals surface area (Å²) in [6.07, 6.45) is 0. The number of rotatable bonds is 0. The fourth-order valence-corrected chi connectivity index (χ4v) is 1.09. The molecule has 0 aromatic heterocycles. The molecule has 0 saturated heterocycles. The number of nitrogens with one attached hydrogen (secondary N) is 1. The molecule has 0 bridgehead atoms. The Morgan fingerprint density at radius 1 is 0.833 bits per heavy atom. The Morgan fingerprint density at radius 2 is 1.33 bits per heavy atom. The minimum absolute atomic E-state index is 0.775. The van der Waals surface area contributed by atoms with Gasteiger partial charge in [0.15, 0.2) is 0 Å². The van der Waals surface area contributed by atoms with Crippen molar-refractivity contribution in [2.45, 2.75) is 55.4 Å². The van der Waals surface area contributed by atoms with Crippen molar-refractivity contribution < 1.29 is 4.74 Å². The molecule has 1 heterocycles. The molecule has 0 fully saturated rings. The van der Waals surface area contributed by atoms with Crippen LogP contribution >= 0.6 is 0 Å². The predicted octanol–water partition coefficient (Wildman–Crippen LogP) is 5.60. The predicted molar refractivity (Wildman–Crippen MR) is 85.8 cm³/mol. The molecule has 0 radical (unpaired) electrons. The van der Waals surface area contributed by atoms with Gasteiger partial charge in [0.25, 0.3) is 0 Å². The van der Waals surface area contributed by atoms with E-state index < -0.39 is 0 Å². The molecule has 108 valence electrons. The highest BCUT2D eigenvalue weighted by Crippen LogP contribution is 2.25. The normalized spacial score (nSPS) is 9.56. The summed E-state index contributed by atoms with van der Waals surface area (Å²) < 4.78 is 5.36. The van der Waals surface area contributed by atoms with Crippen LogP contribution in [0.15, 0.2) is 24.3 Å². The molecule has 2 heteroatoms. The molecular weight excluding hydrogens is 222 g/mol. The van der Waals surface area contributed by atoms with Crippen LogP contribution in [-0.2, 0) is 0 Å². The number of benzene rings is 1. The average molecular weight is 255 g/mol. The van der Waals surface area contributed by atoms with E-state index in [0.717, 1.165) is 24.6 Å². The van der Waals surface area contributed by atoms with Crippen molar-refractivity contribution >= 4 is 5.69 Å². The van der Waals surface area contributed by atoms with E-state index in [1.165, 1.54) is 0 Å². The van der Waals surface area contributed by atoms with Gasteiger partial charge in [-0.05, 0) is 12.1 Å². The van der Waals surface area contributed by atoms with E-state index in [-0.39, 0.29) is 0 Å². The van der Waals surface area contributed by atoms with Crippen LogP contribution in [0.5, 0.6) is 5.75 Å². The van der Waals surface area contributed by atoms with Gasteiger partial charge in [-0.1, -0.05) is 67.5 Å². The molecule has 0 saturated carbocycles. The smallest absolute Gasteiger partial charge is 0.142 e. The molecule has 0 aliphatic carbocycles. The minimum Gasteiger partial charge on any atom is -0.490 e. The first-order valence-electron chi connectivity index (χ1n) is 7.42. The van der Waals surface area contributed by atoms with E-state index in [4.69, 9.17) is 4.74 Å². The maximum atomic E-state index is 5.36. The van der Waals surface area contributed by atoms with Crippen LogP contribution in [0.4, 0.5) is 5.69 Å². The Balaban J connectivity index is -0.000000244. The van der Waals surface area contributed by atoms with Gasteiger partial charge < -0.3 is 10.1 Å². The SMILES string of the molecule is CC.CC.CC.CC.c1ccc2c(c1)NCCO2. The lowest BCUT2D eigenvalue weighted by molar-refractivity contribution is 0.323. The Bertz CT molecular complexity index is 211. The van der Waals surface area contributed by atoms with Crippen molar-refractivity contribution in [1.82, 2.24) is 0 Å². The summed E-state index contributed by atoms with van der Waals surface area (Å²) >= 11 is 0. The topological polar surface area (TPSA) is 21.3 Å². The molecular formula is C16H33NO. The molecule has 0 spiro atoms. The van der Waals surface area contributed by atoms with E-state index in [9.17, 15) is 0 Å². The lowest BCUT2D eigenvalue weighted by Crippen LogP contribution is -2.17. The fraction of sp³-hybridized carbons (Fsp3) is 0.625. The molecule has 18 heavy (non-hydrogen) atoms. The summed E-state index contributed by atoms with van der Waals surface area (Å²) in [7, 11) is 0. The van der Waals surface area contributed by atoms with Crippen molar-refractivity contribution in [3.63, 3.8) is 0 Å². The Labute approximate surface area is 115 Å². The fourth-order valence-electron chi connectivity index (χ4n) is 1.09. The third-order valence-corrected chi connectivity index (χ3v) is 1.56. The van der Waals surface area contributed by atoms with Crippen molar-refractivity contribution in [1.29, 1.82) is 0 Å². The molecule has 1 aliphatic heterocycles. The maximum absolute atomic E-state index is 5.36. The van der Waals surface area contributed by atoms with Crippen molar-refractivity contribution in [3.05, 3.63) is 24.3 Å². The highest BCUT2D eigenvalue weighted by Gasteiger charge is 2.05. The van der Waals surface area contributed by atoms with Gasteiger partial charge in [-0.2, -0.15) is 0 Å². The van der Waals surface area contributed by atoms with Crippen LogP contribution in [0.2, 0.25) is 0 Å². The van der Waals surface area contributed by atoms with Crippen LogP contribution in [-0.4, -0.2) is 13.2 Å². The second kappa shape index (κ2) is 21.1. The summed E-state index contributed by atoms with van der Waals surface area (Å²) in [5.41, 5.74) is 1.11. The minimum atomic E-state index is 0.775. The largest absolute Gasteiger partial charge is 0.490 e. The first kappa shape index (κ1) is 22.0. The van der Waals surface area contributed by atoms with Gasteiger partial charge in [0, 0.05) is 6.54 Å². The van der Waals surface area contributed by atoms with Crippen LogP contribution in [0.25, 0.3) is 0 Å². The molecule has 1 N–H and O–H groups in total. The number of hydrogen-bond donors (Lipinski definition) is 1.